The summed E-state index contributed by atoms with van der Waals surface area (Å²) in [6.07, 6.45) is 0.796. The van der Waals surface area contributed by atoms with Crippen LogP contribution >= 0.6 is 15.9 Å². The van der Waals surface area contributed by atoms with E-state index in [1.54, 1.807) is 19.2 Å². The second-order valence-corrected chi connectivity index (χ2v) is 7.88. The van der Waals surface area contributed by atoms with Crippen LogP contribution in [0.25, 0.3) is 0 Å². The second-order valence-electron chi connectivity index (χ2n) is 7.02. The Hall–Kier alpha value is -2.80. The molecule has 0 radical (unpaired) electrons. The van der Waals surface area contributed by atoms with Crippen molar-refractivity contribution in [2.24, 2.45) is 0 Å². The summed E-state index contributed by atoms with van der Waals surface area (Å²) in [5.74, 6) is 0.924. The predicted molar refractivity (Wildman–Crippen MR) is 120 cm³/mol. The zero-order valence-electron chi connectivity index (χ0n) is 17.4. The highest BCUT2D eigenvalue weighted by Gasteiger charge is 2.16. The Morgan fingerprint density at radius 1 is 1.17 bits per heavy atom. The number of ether oxygens (including phenoxy) is 2. The van der Waals surface area contributed by atoms with Gasteiger partial charge in [-0.25, -0.2) is 0 Å². The summed E-state index contributed by atoms with van der Waals surface area (Å²) in [5.41, 5.74) is 3.69. The molecule has 1 N–H and O–H groups in total. The van der Waals surface area contributed by atoms with Crippen molar-refractivity contribution in [3.8, 4) is 11.5 Å². The summed E-state index contributed by atoms with van der Waals surface area (Å²) in [5, 5.41) is 7.39. The lowest BCUT2D eigenvalue weighted by Gasteiger charge is -2.14. The number of nitrogens with one attached hydrogen (secondary N) is 1. The third-order valence-corrected chi connectivity index (χ3v) is 5.24. The molecular weight excluding hydrogens is 446 g/mol. The molecule has 3 aromatic rings. The normalized spacial score (nSPS) is 10.7. The first-order chi connectivity index (χ1) is 14.5. The maximum absolute atomic E-state index is 12.6. The number of carbonyl (C=O) groups is 1. The van der Waals surface area contributed by atoms with Gasteiger partial charge in [-0.1, -0.05) is 30.3 Å². The lowest BCUT2D eigenvalue weighted by atomic mass is 10.2. The van der Waals surface area contributed by atoms with Crippen molar-refractivity contribution in [1.29, 1.82) is 0 Å². The van der Waals surface area contributed by atoms with E-state index in [1.807, 2.05) is 54.9 Å². The van der Waals surface area contributed by atoms with E-state index in [2.05, 4.69) is 26.3 Å². The Morgan fingerprint density at radius 3 is 2.60 bits per heavy atom. The quantitative estimate of drug-likeness (QED) is 0.460. The topological polar surface area (TPSA) is 65.4 Å². The number of nitrogens with zero attached hydrogens (tertiary/aromatic N) is 2. The molecule has 0 saturated carbocycles. The fourth-order valence-electron chi connectivity index (χ4n) is 3.15. The van der Waals surface area contributed by atoms with Crippen LogP contribution in [0.3, 0.4) is 0 Å². The van der Waals surface area contributed by atoms with Crippen LogP contribution in [0.1, 0.15) is 33.7 Å². The highest BCUT2D eigenvalue weighted by molar-refractivity contribution is 9.10. The third-order valence-electron chi connectivity index (χ3n) is 4.65. The number of amides is 1. The molecule has 0 saturated heterocycles. The van der Waals surface area contributed by atoms with E-state index in [4.69, 9.17) is 9.47 Å². The fourth-order valence-corrected chi connectivity index (χ4v) is 3.71. The molecule has 0 bridgehead atoms. The average molecular weight is 472 g/mol. The van der Waals surface area contributed by atoms with Gasteiger partial charge >= 0.3 is 0 Å². The Bertz CT molecular complexity index is 1000. The molecule has 0 aliphatic carbocycles. The van der Waals surface area contributed by atoms with Gasteiger partial charge in [0.25, 0.3) is 5.91 Å². The van der Waals surface area contributed by atoms with Crippen molar-refractivity contribution in [2.45, 2.75) is 33.4 Å². The number of aromatic nitrogens is 2. The lowest BCUT2D eigenvalue weighted by molar-refractivity contribution is 0.0952. The standard InChI is InChI=1S/C23H26BrN3O3/c1-16-12-17(2)27(26-16)11-7-10-25-23(28)19-13-20(24)22(21(14-19)29-3)30-15-18-8-5-4-6-9-18/h4-6,8-9,12-14H,7,10-11,15H2,1-3H3,(H,25,28). The largest absolute Gasteiger partial charge is 0.493 e. The number of hydrogen-bond acceptors (Lipinski definition) is 4. The smallest absolute Gasteiger partial charge is 0.251 e. The first kappa shape index (κ1) is 21.9. The van der Waals surface area contributed by atoms with Crippen LogP contribution in [-0.2, 0) is 13.2 Å². The molecule has 158 valence electrons. The van der Waals surface area contributed by atoms with Gasteiger partial charge in [0.2, 0.25) is 0 Å². The first-order valence-electron chi connectivity index (χ1n) is 9.81. The molecule has 0 atom stereocenters. The molecule has 6 nitrogen and oxygen atoms in total. The van der Waals surface area contributed by atoms with Crippen LogP contribution in [0.4, 0.5) is 0 Å². The summed E-state index contributed by atoms with van der Waals surface area (Å²) in [6.45, 7) is 5.74. The SMILES string of the molecule is COc1cc(C(=O)NCCCn2nc(C)cc2C)cc(Br)c1OCc1ccccc1. The van der Waals surface area contributed by atoms with Gasteiger partial charge in [0.15, 0.2) is 11.5 Å². The number of methoxy groups -OCH3 is 1. The molecule has 0 spiro atoms. The monoisotopic (exact) mass is 471 g/mol. The molecule has 7 heteroatoms. The molecule has 0 unspecified atom stereocenters. The van der Waals surface area contributed by atoms with E-state index < -0.39 is 0 Å². The van der Waals surface area contributed by atoms with Crippen LogP contribution in [0.5, 0.6) is 11.5 Å². The van der Waals surface area contributed by atoms with E-state index in [0.717, 1.165) is 29.9 Å². The summed E-state index contributed by atoms with van der Waals surface area (Å²) in [7, 11) is 1.56. The number of aryl methyl sites for hydroxylation is 3. The molecule has 30 heavy (non-hydrogen) atoms. The van der Waals surface area contributed by atoms with Gasteiger partial charge in [0.1, 0.15) is 6.61 Å². The van der Waals surface area contributed by atoms with Gasteiger partial charge in [0, 0.05) is 24.3 Å². The summed E-state index contributed by atoms with van der Waals surface area (Å²) < 4.78 is 14.0. The van der Waals surface area contributed by atoms with Crippen molar-refractivity contribution in [3.63, 3.8) is 0 Å². The summed E-state index contributed by atoms with van der Waals surface area (Å²) >= 11 is 3.51. The van der Waals surface area contributed by atoms with Crippen LogP contribution in [-0.4, -0.2) is 29.3 Å². The van der Waals surface area contributed by atoms with Crippen molar-refractivity contribution >= 4 is 21.8 Å². The number of halogens is 1. The van der Waals surface area contributed by atoms with Crippen molar-refractivity contribution < 1.29 is 14.3 Å². The third kappa shape index (κ3) is 5.63. The van der Waals surface area contributed by atoms with Crippen LogP contribution in [0.15, 0.2) is 53.0 Å². The molecule has 1 aromatic heterocycles. The Kier molecular flexibility index (Phi) is 7.52. The van der Waals surface area contributed by atoms with Crippen LogP contribution in [0.2, 0.25) is 0 Å². The van der Waals surface area contributed by atoms with Crippen LogP contribution in [0, 0.1) is 13.8 Å². The molecule has 1 heterocycles. The van der Waals surface area contributed by atoms with E-state index in [0.29, 0.717) is 34.7 Å². The molecule has 3 rings (SSSR count). The minimum atomic E-state index is -0.156. The Balaban J connectivity index is 1.59. The molecular formula is C23H26BrN3O3. The maximum atomic E-state index is 12.6. The number of carbonyl (C=O) groups excluding carboxylic acids is 1. The van der Waals surface area contributed by atoms with Gasteiger partial charge < -0.3 is 14.8 Å². The zero-order chi connectivity index (χ0) is 21.5. The Labute approximate surface area is 185 Å². The van der Waals surface area contributed by atoms with E-state index >= 15 is 0 Å². The highest BCUT2D eigenvalue weighted by Crippen LogP contribution is 2.37. The van der Waals surface area contributed by atoms with E-state index in [9.17, 15) is 4.79 Å². The second kappa shape index (κ2) is 10.3. The fraction of sp³-hybridized carbons (Fsp3) is 0.304. The van der Waals surface area contributed by atoms with Crippen LogP contribution < -0.4 is 14.8 Å². The molecule has 0 aliphatic rings. The average Bonchev–Trinajstić information content (AvgIpc) is 3.07. The lowest BCUT2D eigenvalue weighted by Crippen LogP contribution is -2.25. The molecule has 1 amide bonds. The van der Waals surface area contributed by atoms with Crippen molar-refractivity contribution in [3.05, 3.63) is 75.5 Å². The number of benzene rings is 2. The van der Waals surface area contributed by atoms with Crippen molar-refractivity contribution in [1.82, 2.24) is 15.1 Å². The summed E-state index contributed by atoms with van der Waals surface area (Å²) in [4.78, 5) is 12.6. The van der Waals surface area contributed by atoms with Gasteiger partial charge in [-0.3, -0.25) is 9.48 Å². The summed E-state index contributed by atoms with van der Waals surface area (Å²) in [6, 6.07) is 15.4. The molecule has 0 fully saturated rings. The highest BCUT2D eigenvalue weighted by atomic mass is 79.9. The van der Waals surface area contributed by atoms with Crippen molar-refractivity contribution in [2.75, 3.05) is 13.7 Å². The molecule has 0 aliphatic heterocycles. The predicted octanol–water partition coefficient (Wildman–Crippen LogP) is 4.67. The molecule has 2 aromatic carbocycles. The first-order valence-corrected chi connectivity index (χ1v) is 10.6. The van der Waals surface area contributed by atoms with Gasteiger partial charge in [-0.05, 0) is 60.0 Å². The Morgan fingerprint density at radius 2 is 1.93 bits per heavy atom. The minimum absolute atomic E-state index is 0.156. The van der Waals surface area contributed by atoms with Gasteiger partial charge in [0.05, 0.1) is 17.3 Å². The number of rotatable bonds is 9. The number of hydrogen-bond donors (Lipinski definition) is 1. The van der Waals surface area contributed by atoms with Gasteiger partial charge in [-0.2, -0.15) is 5.10 Å². The van der Waals surface area contributed by atoms with E-state index in [1.165, 1.54) is 0 Å². The zero-order valence-corrected chi connectivity index (χ0v) is 19.0. The maximum Gasteiger partial charge on any atom is 0.251 e. The minimum Gasteiger partial charge on any atom is -0.493 e. The van der Waals surface area contributed by atoms with Gasteiger partial charge in [-0.15, -0.1) is 0 Å². The van der Waals surface area contributed by atoms with E-state index in [-0.39, 0.29) is 5.91 Å².